The molecule has 2 saturated heterocycles. The summed E-state index contributed by atoms with van der Waals surface area (Å²) in [7, 11) is 0. The molecule has 0 saturated carbocycles. The van der Waals surface area contributed by atoms with Crippen molar-refractivity contribution in [1.29, 1.82) is 0 Å². The van der Waals surface area contributed by atoms with Crippen molar-refractivity contribution in [2.75, 3.05) is 37.8 Å². The van der Waals surface area contributed by atoms with Gasteiger partial charge in [0.2, 0.25) is 0 Å². The summed E-state index contributed by atoms with van der Waals surface area (Å²) in [6.45, 7) is 3.77. The van der Waals surface area contributed by atoms with Crippen LogP contribution in [0.5, 0.6) is 0 Å². The largest absolute Gasteiger partial charge is 0.378 e. The summed E-state index contributed by atoms with van der Waals surface area (Å²) >= 11 is 6.55. The zero-order chi connectivity index (χ0) is 24.1. The second-order valence-electron chi connectivity index (χ2n) is 9.07. The van der Waals surface area contributed by atoms with Gasteiger partial charge in [-0.2, -0.15) is 0 Å². The van der Waals surface area contributed by atoms with Gasteiger partial charge >= 0.3 is 0 Å². The minimum absolute atomic E-state index is 0.103. The van der Waals surface area contributed by atoms with Gasteiger partial charge < -0.3 is 19.4 Å². The zero-order valence-corrected chi connectivity index (χ0v) is 20.3. The van der Waals surface area contributed by atoms with Crippen LogP contribution in [-0.2, 0) is 9.47 Å². The maximum atomic E-state index is 6.55. The first-order valence-corrected chi connectivity index (χ1v) is 12.6. The number of aromatic nitrogens is 6. The highest BCUT2D eigenvalue weighted by atomic mass is 35.5. The predicted molar refractivity (Wildman–Crippen MR) is 138 cm³/mol. The molecule has 2 aliphatic rings. The number of pyridine rings is 1. The van der Waals surface area contributed by atoms with E-state index in [0.717, 1.165) is 77.2 Å². The number of anilines is 1. The third kappa shape index (κ3) is 3.54. The summed E-state index contributed by atoms with van der Waals surface area (Å²) < 4.78 is 14.0. The zero-order valence-electron chi connectivity index (χ0n) is 19.5. The number of para-hydroxylation sites is 1. The molecule has 7 rings (SSSR count). The molecule has 5 heterocycles. The molecular formula is C26H24ClN7O2. The van der Waals surface area contributed by atoms with Gasteiger partial charge in [0, 0.05) is 42.5 Å². The van der Waals surface area contributed by atoms with Crippen LogP contribution in [0.1, 0.15) is 24.8 Å². The molecule has 1 atom stereocenters. The number of H-pyrrole nitrogens is 1. The number of benzene rings is 2. The topological polar surface area (TPSA) is 94.0 Å². The fourth-order valence-corrected chi connectivity index (χ4v) is 5.50. The molecule has 10 heteroatoms. The van der Waals surface area contributed by atoms with Crippen LogP contribution >= 0.6 is 11.6 Å². The third-order valence-corrected chi connectivity index (χ3v) is 7.28. The summed E-state index contributed by atoms with van der Waals surface area (Å²) in [5, 5.41) is 9.96. The lowest BCUT2D eigenvalue weighted by atomic mass is 10.1. The monoisotopic (exact) mass is 501 g/mol. The van der Waals surface area contributed by atoms with Crippen molar-refractivity contribution in [3.8, 4) is 17.1 Å². The van der Waals surface area contributed by atoms with Crippen LogP contribution in [-0.4, -0.2) is 62.6 Å². The van der Waals surface area contributed by atoms with Crippen LogP contribution in [0.2, 0.25) is 5.02 Å². The Kier molecular flexibility index (Phi) is 5.34. The van der Waals surface area contributed by atoms with Crippen LogP contribution in [0.4, 0.5) is 5.69 Å². The van der Waals surface area contributed by atoms with E-state index in [-0.39, 0.29) is 6.10 Å². The number of ether oxygens (including phenoxy) is 2. The molecular weight excluding hydrogens is 478 g/mol. The molecule has 0 bridgehead atoms. The lowest BCUT2D eigenvalue weighted by molar-refractivity contribution is 0.104. The molecule has 0 amide bonds. The number of aromatic amines is 1. The quantitative estimate of drug-likeness (QED) is 0.381. The first-order chi connectivity index (χ1) is 17.8. The lowest BCUT2D eigenvalue weighted by Crippen LogP contribution is -2.36. The second kappa shape index (κ2) is 8.85. The van der Waals surface area contributed by atoms with Crippen LogP contribution in [0.15, 0.2) is 48.9 Å². The first kappa shape index (κ1) is 21.7. The van der Waals surface area contributed by atoms with Crippen LogP contribution in [0, 0.1) is 0 Å². The summed E-state index contributed by atoms with van der Waals surface area (Å²) in [4.78, 5) is 15.3. The Labute approximate surface area is 212 Å². The molecule has 1 unspecified atom stereocenters. The summed E-state index contributed by atoms with van der Waals surface area (Å²) in [6, 6.07) is 12.3. The number of imidazole rings is 1. The van der Waals surface area contributed by atoms with Crippen molar-refractivity contribution < 1.29 is 9.47 Å². The minimum atomic E-state index is -0.103. The van der Waals surface area contributed by atoms with E-state index in [1.54, 1.807) is 12.5 Å². The molecule has 2 aliphatic heterocycles. The van der Waals surface area contributed by atoms with E-state index in [0.29, 0.717) is 24.1 Å². The number of nitrogens with zero attached hydrogens (tertiary/aromatic N) is 6. The SMILES string of the molecule is Clc1cccc2c(-n3c(C4CCCO4)nc4c(-c5nnc[nH]5)cc(N5CCOCC5)cc43)ccnc12. The fraction of sp³-hybridized carbons (Fsp3) is 0.308. The van der Waals surface area contributed by atoms with Crippen molar-refractivity contribution in [3.05, 3.63) is 59.8 Å². The molecule has 0 radical (unpaired) electrons. The molecule has 1 N–H and O–H groups in total. The number of rotatable bonds is 4. The standard InChI is InChI=1S/C26H24ClN7O2/c27-19-4-1-3-17-20(6-7-28-23(17)19)34-21-14-16(33-8-11-35-12-9-33)13-18(25-29-15-30-32-25)24(21)31-26(34)22-5-2-10-36-22/h1,3-4,6-7,13-15,22H,2,5,8-12H2,(H,29,30,32). The molecule has 0 aliphatic carbocycles. The van der Waals surface area contributed by atoms with Crippen LogP contribution < -0.4 is 4.90 Å². The predicted octanol–water partition coefficient (Wildman–Crippen LogP) is 4.70. The molecule has 2 fully saturated rings. The maximum absolute atomic E-state index is 6.55. The molecule has 0 spiro atoms. The molecule has 36 heavy (non-hydrogen) atoms. The van der Waals surface area contributed by atoms with E-state index in [1.165, 1.54) is 0 Å². The van der Waals surface area contributed by atoms with E-state index < -0.39 is 0 Å². The Morgan fingerprint density at radius 3 is 2.78 bits per heavy atom. The lowest BCUT2D eigenvalue weighted by Gasteiger charge is -2.29. The van der Waals surface area contributed by atoms with E-state index in [4.69, 9.17) is 26.1 Å². The summed E-state index contributed by atoms with van der Waals surface area (Å²) in [5.41, 5.74) is 5.55. The Hall–Kier alpha value is -3.53. The van der Waals surface area contributed by atoms with Crippen molar-refractivity contribution in [2.24, 2.45) is 0 Å². The van der Waals surface area contributed by atoms with Crippen LogP contribution in [0.3, 0.4) is 0 Å². The average molecular weight is 502 g/mol. The average Bonchev–Trinajstić information content (AvgIpc) is 3.70. The number of hydrogen-bond donors (Lipinski definition) is 1. The molecule has 3 aromatic heterocycles. The van der Waals surface area contributed by atoms with Crippen molar-refractivity contribution >= 4 is 39.2 Å². The summed E-state index contributed by atoms with van der Waals surface area (Å²) in [5.74, 6) is 1.55. The van der Waals surface area contributed by atoms with Gasteiger partial charge in [-0.05, 0) is 37.1 Å². The van der Waals surface area contributed by atoms with Crippen LogP contribution in [0.25, 0.3) is 39.0 Å². The Morgan fingerprint density at radius 1 is 1.06 bits per heavy atom. The van der Waals surface area contributed by atoms with Gasteiger partial charge in [-0.15, -0.1) is 10.2 Å². The van der Waals surface area contributed by atoms with Gasteiger partial charge in [0.15, 0.2) is 5.82 Å². The van der Waals surface area contributed by atoms with E-state index in [1.807, 2.05) is 18.2 Å². The van der Waals surface area contributed by atoms with Gasteiger partial charge in [-0.25, -0.2) is 4.98 Å². The highest BCUT2D eigenvalue weighted by Crippen LogP contribution is 2.39. The molecule has 2 aromatic carbocycles. The molecule has 9 nitrogen and oxygen atoms in total. The van der Waals surface area contributed by atoms with Gasteiger partial charge in [-0.3, -0.25) is 9.55 Å². The number of morpholine rings is 1. The number of nitrogens with one attached hydrogen (secondary N) is 1. The van der Waals surface area contributed by atoms with Gasteiger partial charge in [0.25, 0.3) is 0 Å². The number of fused-ring (bicyclic) bond motifs is 2. The minimum Gasteiger partial charge on any atom is -0.378 e. The smallest absolute Gasteiger partial charge is 0.163 e. The van der Waals surface area contributed by atoms with Crippen molar-refractivity contribution in [1.82, 2.24) is 29.7 Å². The molecule has 5 aromatic rings. The Morgan fingerprint density at radius 2 is 1.97 bits per heavy atom. The first-order valence-electron chi connectivity index (χ1n) is 12.2. The van der Waals surface area contributed by atoms with Gasteiger partial charge in [0.1, 0.15) is 23.8 Å². The Balaban J connectivity index is 1.56. The third-order valence-electron chi connectivity index (χ3n) is 6.98. The van der Waals surface area contributed by atoms with Gasteiger partial charge in [0.05, 0.1) is 35.0 Å². The number of halogens is 1. The van der Waals surface area contributed by atoms with Crippen molar-refractivity contribution in [2.45, 2.75) is 18.9 Å². The second-order valence-corrected chi connectivity index (χ2v) is 9.48. The van der Waals surface area contributed by atoms with Crippen molar-refractivity contribution in [3.63, 3.8) is 0 Å². The van der Waals surface area contributed by atoms with E-state index in [9.17, 15) is 0 Å². The van der Waals surface area contributed by atoms with E-state index >= 15 is 0 Å². The number of hydrogen-bond acceptors (Lipinski definition) is 7. The highest BCUT2D eigenvalue weighted by Gasteiger charge is 2.28. The van der Waals surface area contributed by atoms with Gasteiger partial charge in [-0.1, -0.05) is 23.7 Å². The maximum Gasteiger partial charge on any atom is 0.163 e. The normalized spacial score (nSPS) is 18.5. The summed E-state index contributed by atoms with van der Waals surface area (Å²) in [6.07, 6.45) is 5.22. The highest BCUT2D eigenvalue weighted by molar-refractivity contribution is 6.35. The Bertz CT molecular complexity index is 1550. The fourth-order valence-electron chi connectivity index (χ4n) is 5.27. The molecule has 182 valence electrons. The van der Waals surface area contributed by atoms with E-state index in [2.05, 4.69) is 47.8 Å².